The summed E-state index contributed by atoms with van der Waals surface area (Å²) in [4.78, 5) is 25.4. The van der Waals surface area contributed by atoms with Crippen LogP contribution in [0.2, 0.25) is 0 Å². The summed E-state index contributed by atoms with van der Waals surface area (Å²) in [5, 5.41) is 15.9. The first-order valence-electron chi connectivity index (χ1n) is 8.95. The normalized spacial score (nSPS) is 13.3. The van der Waals surface area contributed by atoms with E-state index in [-0.39, 0.29) is 6.42 Å². The predicted octanol–water partition coefficient (Wildman–Crippen LogP) is 3.41. The van der Waals surface area contributed by atoms with Gasteiger partial charge in [-0.3, -0.25) is 4.79 Å². The van der Waals surface area contributed by atoms with Crippen LogP contribution in [0.5, 0.6) is 0 Å². The minimum absolute atomic E-state index is 0.265. The first kappa shape index (κ1) is 21.8. The van der Waals surface area contributed by atoms with Crippen molar-refractivity contribution in [1.82, 2.24) is 5.32 Å². The van der Waals surface area contributed by atoms with Crippen molar-refractivity contribution < 1.29 is 19.4 Å². The van der Waals surface area contributed by atoms with Crippen molar-refractivity contribution in [2.24, 2.45) is 0 Å². The molecule has 2 aromatic carbocycles. The van der Waals surface area contributed by atoms with Gasteiger partial charge in [0.2, 0.25) is 0 Å². The molecule has 0 aliphatic rings. The lowest BCUT2D eigenvalue weighted by molar-refractivity contribution is -0.125. The summed E-state index contributed by atoms with van der Waals surface area (Å²) in [5.41, 5.74) is 0.682. The summed E-state index contributed by atoms with van der Waals surface area (Å²) in [6, 6.07) is 15.3. The van der Waals surface area contributed by atoms with Gasteiger partial charge in [0, 0.05) is 10.6 Å². The molecule has 28 heavy (non-hydrogen) atoms. The van der Waals surface area contributed by atoms with Gasteiger partial charge in [-0.1, -0.05) is 36.4 Å². The highest BCUT2D eigenvalue weighted by Crippen LogP contribution is 2.15. The molecule has 6 nitrogen and oxygen atoms in total. The van der Waals surface area contributed by atoms with Gasteiger partial charge in [0.15, 0.2) is 6.10 Å². The minimum atomic E-state index is -1.48. The molecular formula is C21H26N2O4S. The maximum Gasteiger partial charge on any atom is 0.407 e. The van der Waals surface area contributed by atoms with Crippen LogP contribution in [0.3, 0.4) is 0 Å². The Labute approximate surface area is 170 Å². The summed E-state index contributed by atoms with van der Waals surface area (Å²) < 4.78 is 5.27. The Kier molecular flexibility index (Phi) is 7.48. The standard InChI is InChI=1S/C21H26N2O4S/c1-21(2,3)27-20(26)23-17(12-14-8-5-4-6-9-14)18(24)19(25)22-15-10-7-11-16(28)13-15/h4-11,13,17-18,24,28H,12H2,1-3H3,(H,22,25)(H,23,26). The average Bonchev–Trinajstić information content (AvgIpc) is 2.60. The Bertz CT molecular complexity index is 806. The highest BCUT2D eigenvalue weighted by molar-refractivity contribution is 7.80. The van der Waals surface area contributed by atoms with E-state index < -0.39 is 29.7 Å². The first-order chi connectivity index (χ1) is 13.1. The molecule has 0 bridgehead atoms. The fourth-order valence-electron chi connectivity index (χ4n) is 2.55. The molecule has 0 radical (unpaired) electrons. The van der Waals surface area contributed by atoms with E-state index in [9.17, 15) is 14.7 Å². The number of amides is 2. The molecule has 2 rings (SSSR count). The smallest absolute Gasteiger partial charge is 0.407 e. The Morgan fingerprint density at radius 2 is 1.79 bits per heavy atom. The van der Waals surface area contributed by atoms with Crippen LogP contribution in [0.15, 0.2) is 59.5 Å². The molecule has 0 aliphatic heterocycles. The molecule has 150 valence electrons. The van der Waals surface area contributed by atoms with Gasteiger partial charge in [-0.15, -0.1) is 12.6 Å². The van der Waals surface area contributed by atoms with Crippen LogP contribution in [0.25, 0.3) is 0 Å². The number of alkyl carbamates (subject to hydrolysis) is 1. The van der Waals surface area contributed by atoms with E-state index in [4.69, 9.17) is 4.74 Å². The molecule has 2 unspecified atom stereocenters. The van der Waals surface area contributed by atoms with Crippen molar-refractivity contribution in [1.29, 1.82) is 0 Å². The minimum Gasteiger partial charge on any atom is -0.444 e. The summed E-state index contributed by atoms with van der Waals surface area (Å²) in [6.07, 6.45) is -1.91. The number of anilines is 1. The summed E-state index contributed by atoms with van der Waals surface area (Å²) >= 11 is 4.23. The average molecular weight is 403 g/mol. The monoisotopic (exact) mass is 402 g/mol. The van der Waals surface area contributed by atoms with Crippen molar-refractivity contribution in [3.05, 3.63) is 60.2 Å². The van der Waals surface area contributed by atoms with Crippen LogP contribution >= 0.6 is 12.6 Å². The number of ether oxygens (including phenoxy) is 1. The van der Waals surface area contributed by atoms with Crippen molar-refractivity contribution in [3.63, 3.8) is 0 Å². The molecule has 0 saturated carbocycles. The molecule has 2 aromatic rings. The van der Waals surface area contributed by atoms with E-state index in [1.807, 2.05) is 30.3 Å². The summed E-state index contributed by atoms with van der Waals surface area (Å²) in [7, 11) is 0. The lowest BCUT2D eigenvalue weighted by atomic mass is 10.0. The number of carbonyl (C=O) groups is 2. The molecule has 2 amide bonds. The van der Waals surface area contributed by atoms with E-state index >= 15 is 0 Å². The molecule has 0 aliphatic carbocycles. The predicted molar refractivity (Wildman–Crippen MR) is 112 cm³/mol. The zero-order chi connectivity index (χ0) is 20.7. The zero-order valence-electron chi connectivity index (χ0n) is 16.2. The lowest BCUT2D eigenvalue weighted by Gasteiger charge is -2.26. The van der Waals surface area contributed by atoms with Crippen LogP contribution in [-0.4, -0.2) is 34.9 Å². The first-order valence-corrected chi connectivity index (χ1v) is 9.40. The third kappa shape index (κ3) is 7.25. The Hall–Kier alpha value is -2.51. The third-order valence-corrected chi connectivity index (χ3v) is 4.04. The number of nitrogens with one attached hydrogen (secondary N) is 2. The van der Waals surface area contributed by atoms with Gasteiger partial charge in [0.05, 0.1) is 6.04 Å². The molecule has 0 heterocycles. The maximum atomic E-state index is 12.5. The molecule has 3 N–H and O–H groups in total. The molecule has 0 fully saturated rings. The van der Waals surface area contributed by atoms with Gasteiger partial charge < -0.3 is 20.5 Å². The Balaban J connectivity index is 2.13. The number of rotatable bonds is 6. The third-order valence-electron chi connectivity index (χ3n) is 3.76. The van der Waals surface area contributed by atoms with Crippen molar-refractivity contribution >= 4 is 30.3 Å². The van der Waals surface area contributed by atoms with E-state index in [0.717, 1.165) is 5.56 Å². The topological polar surface area (TPSA) is 87.7 Å². The van der Waals surface area contributed by atoms with Crippen LogP contribution in [0.1, 0.15) is 26.3 Å². The van der Waals surface area contributed by atoms with Gasteiger partial charge in [-0.25, -0.2) is 4.79 Å². The second kappa shape index (κ2) is 9.61. The van der Waals surface area contributed by atoms with Crippen molar-refractivity contribution in [2.45, 2.75) is 49.8 Å². The SMILES string of the molecule is CC(C)(C)OC(=O)NC(Cc1ccccc1)C(O)C(=O)Nc1cccc(S)c1. The highest BCUT2D eigenvalue weighted by Gasteiger charge is 2.29. The van der Waals surface area contributed by atoms with Gasteiger partial charge in [0.25, 0.3) is 5.91 Å². The van der Waals surface area contributed by atoms with Crippen molar-refractivity contribution in [3.8, 4) is 0 Å². The molecule has 0 saturated heterocycles. The Morgan fingerprint density at radius 3 is 2.39 bits per heavy atom. The van der Waals surface area contributed by atoms with Gasteiger partial charge in [-0.2, -0.15) is 0 Å². The van der Waals surface area contributed by atoms with E-state index in [1.165, 1.54) is 0 Å². The second-order valence-corrected chi connectivity index (χ2v) is 7.94. The van der Waals surface area contributed by atoms with Crippen molar-refractivity contribution in [2.75, 3.05) is 5.32 Å². The number of aliphatic hydroxyl groups excluding tert-OH is 1. The number of carbonyl (C=O) groups excluding carboxylic acids is 2. The van der Waals surface area contributed by atoms with Gasteiger partial charge >= 0.3 is 6.09 Å². The second-order valence-electron chi connectivity index (χ2n) is 7.43. The number of hydrogen-bond donors (Lipinski definition) is 4. The van der Waals surface area contributed by atoms with E-state index in [2.05, 4.69) is 23.3 Å². The summed E-state index contributed by atoms with van der Waals surface area (Å²) in [5.74, 6) is -0.629. The Morgan fingerprint density at radius 1 is 1.11 bits per heavy atom. The molecule has 7 heteroatoms. The number of aliphatic hydroxyl groups is 1. The molecule has 0 aromatic heterocycles. The maximum absolute atomic E-state index is 12.5. The number of thiol groups is 1. The van der Waals surface area contributed by atoms with Crippen LogP contribution in [0.4, 0.5) is 10.5 Å². The van der Waals surface area contributed by atoms with E-state index in [0.29, 0.717) is 10.6 Å². The molecule has 0 spiro atoms. The number of hydrogen-bond acceptors (Lipinski definition) is 5. The largest absolute Gasteiger partial charge is 0.444 e. The highest BCUT2D eigenvalue weighted by atomic mass is 32.1. The van der Waals surface area contributed by atoms with Crippen LogP contribution < -0.4 is 10.6 Å². The van der Waals surface area contributed by atoms with Gasteiger partial charge in [0.1, 0.15) is 5.60 Å². The van der Waals surface area contributed by atoms with Crippen LogP contribution in [0, 0.1) is 0 Å². The van der Waals surface area contributed by atoms with E-state index in [1.54, 1.807) is 45.0 Å². The van der Waals surface area contributed by atoms with Gasteiger partial charge in [-0.05, 0) is 51.0 Å². The molecular weight excluding hydrogens is 376 g/mol. The fourth-order valence-corrected chi connectivity index (χ4v) is 2.78. The lowest BCUT2D eigenvalue weighted by Crippen LogP contribution is -2.51. The number of benzene rings is 2. The van der Waals surface area contributed by atoms with Crippen LogP contribution in [-0.2, 0) is 16.0 Å². The quantitative estimate of drug-likeness (QED) is 0.558. The summed E-state index contributed by atoms with van der Waals surface area (Å²) in [6.45, 7) is 5.23. The zero-order valence-corrected chi connectivity index (χ0v) is 17.1. The fraction of sp³-hybridized carbons (Fsp3) is 0.333. The molecule has 2 atom stereocenters.